The number of nitrogens with one attached hydrogen (secondary N) is 1. The van der Waals surface area contributed by atoms with Gasteiger partial charge >= 0.3 is 0 Å². The van der Waals surface area contributed by atoms with Crippen molar-refractivity contribution in [1.82, 2.24) is 4.72 Å². The minimum atomic E-state index is -3.45. The van der Waals surface area contributed by atoms with Gasteiger partial charge < -0.3 is 0 Å². The summed E-state index contributed by atoms with van der Waals surface area (Å²) in [5, 5.41) is 0. The fourth-order valence-corrected chi connectivity index (χ4v) is 3.15. The first kappa shape index (κ1) is 13.8. The van der Waals surface area contributed by atoms with Crippen molar-refractivity contribution in [2.45, 2.75) is 25.3 Å². The third-order valence-electron chi connectivity index (χ3n) is 2.81. The number of sulfonamides is 1. The highest BCUT2D eigenvalue weighted by Crippen LogP contribution is 2.14. The van der Waals surface area contributed by atoms with E-state index in [1.807, 2.05) is 50.2 Å². The van der Waals surface area contributed by atoms with Gasteiger partial charge in [-0.2, -0.15) is 0 Å². The Morgan fingerprint density at radius 2 is 1.53 bits per heavy atom. The molecular formula is C15H17NO2S. The summed E-state index contributed by atoms with van der Waals surface area (Å²) in [5.41, 5.74) is 2.83. The maximum atomic E-state index is 12.2. The van der Waals surface area contributed by atoms with Crippen molar-refractivity contribution in [3.8, 4) is 0 Å². The summed E-state index contributed by atoms with van der Waals surface area (Å²) < 4.78 is 27.0. The molecule has 0 unspecified atom stereocenters. The molecule has 4 heteroatoms. The highest BCUT2D eigenvalue weighted by atomic mass is 32.2. The van der Waals surface area contributed by atoms with Crippen LogP contribution in [-0.2, 0) is 16.6 Å². The lowest BCUT2D eigenvalue weighted by atomic mass is 10.2. The van der Waals surface area contributed by atoms with Crippen LogP contribution in [0.4, 0.5) is 0 Å². The Morgan fingerprint density at radius 3 is 2.11 bits per heavy atom. The molecule has 0 saturated carbocycles. The van der Waals surface area contributed by atoms with E-state index >= 15 is 0 Å². The second-order valence-corrected chi connectivity index (χ2v) is 6.40. The van der Waals surface area contributed by atoms with Crippen molar-refractivity contribution in [3.63, 3.8) is 0 Å². The molecule has 0 spiro atoms. The van der Waals surface area contributed by atoms with Gasteiger partial charge in [0.1, 0.15) is 0 Å². The lowest BCUT2D eigenvalue weighted by molar-refractivity contribution is 0.581. The van der Waals surface area contributed by atoms with Gasteiger partial charge in [0, 0.05) is 6.54 Å². The molecule has 3 nitrogen and oxygen atoms in total. The third-order valence-corrected chi connectivity index (χ3v) is 4.20. The highest BCUT2D eigenvalue weighted by molar-refractivity contribution is 7.89. The standard InChI is InChI=1S/C15H17NO2S/c1-12-8-13(2)10-15(9-12)19(17,18)16-11-14-6-4-3-5-7-14/h3-10,16H,11H2,1-2H3. The molecule has 0 heterocycles. The largest absolute Gasteiger partial charge is 0.240 e. The minimum absolute atomic E-state index is 0.302. The summed E-state index contributed by atoms with van der Waals surface area (Å²) in [6.07, 6.45) is 0. The van der Waals surface area contributed by atoms with E-state index in [4.69, 9.17) is 0 Å². The van der Waals surface area contributed by atoms with Gasteiger partial charge in [-0.15, -0.1) is 0 Å². The van der Waals surface area contributed by atoms with Crippen LogP contribution in [0.25, 0.3) is 0 Å². The number of rotatable bonds is 4. The molecule has 100 valence electrons. The Morgan fingerprint density at radius 1 is 0.947 bits per heavy atom. The molecule has 0 fully saturated rings. The normalized spacial score (nSPS) is 11.5. The van der Waals surface area contributed by atoms with E-state index in [-0.39, 0.29) is 0 Å². The summed E-state index contributed by atoms with van der Waals surface area (Å²) in [7, 11) is -3.45. The number of aryl methyl sites for hydroxylation is 2. The summed E-state index contributed by atoms with van der Waals surface area (Å²) >= 11 is 0. The lowest BCUT2D eigenvalue weighted by Gasteiger charge is -2.08. The summed E-state index contributed by atoms with van der Waals surface area (Å²) in [4.78, 5) is 0.320. The van der Waals surface area contributed by atoms with Crippen molar-refractivity contribution in [1.29, 1.82) is 0 Å². The lowest BCUT2D eigenvalue weighted by Crippen LogP contribution is -2.23. The fraction of sp³-hybridized carbons (Fsp3) is 0.200. The minimum Gasteiger partial charge on any atom is -0.207 e. The van der Waals surface area contributed by atoms with E-state index in [9.17, 15) is 8.42 Å². The molecule has 2 rings (SSSR count). The van der Waals surface area contributed by atoms with Crippen molar-refractivity contribution in [2.24, 2.45) is 0 Å². The number of hydrogen-bond donors (Lipinski definition) is 1. The van der Waals surface area contributed by atoms with Gasteiger partial charge in [0.05, 0.1) is 4.90 Å². The zero-order valence-electron chi connectivity index (χ0n) is 11.1. The summed E-state index contributed by atoms with van der Waals surface area (Å²) in [5.74, 6) is 0. The molecule has 19 heavy (non-hydrogen) atoms. The number of hydrogen-bond acceptors (Lipinski definition) is 2. The second-order valence-electron chi connectivity index (χ2n) is 4.63. The molecule has 0 aliphatic heterocycles. The van der Waals surface area contributed by atoms with Gasteiger partial charge in [-0.1, -0.05) is 36.4 Å². The van der Waals surface area contributed by atoms with Gasteiger partial charge in [-0.3, -0.25) is 0 Å². The Balaban J connectivity index is 2.19. The number of benzene rings is 2. The van der Waals surface area contributed by atoms with Crippen LogP contribution >= 0.6 is 0 Å². The zero-order valence-corrected chi connectivity index (χ0v) is 11.9. The predicted octanol–water partition coefficient (Wildman–Crippen LogP) is 2.78. The van der Waals surface area contributed by atoms with Crippen LogP contribution in [0.15, 0.2) is 53.4 Å². The van der Waals surface area contributed by atoms with Gasteiger partial charge in [-0.05, 0) is 42.7 Å². The van der Waals surface area contributed by atoms with Crippen LogP contribution in [0, 0.1) is 13.8 Å². The maximum absolute atomic E-state index is 12.2. The molecule has 2 aromatic rings. The van der Waals surface area contributed by atoms with E-state index in [2.05, 4.69) is 4.72 Å². The van der Waals surface area contributed by atoms with E-state index in [0.29, 0.717) is 11.4 Å². The SMILES string of the molecule is Cc1cc(C)cc(S(=O)(=O)NCc2ccccc2)c1. The van der Waals surface area contributed by atoms with E-state index in [1.54, 1.807) is 12.1 Å². The molecule has 0 atom stereocenters. The molecule has 0 amide bonds. The van der Waals surface area contributed by atoms with Crippen LogP contribution in [0.2, 0.25) is 0 Å². The van der Waals surface area contributed by atoms with Crippen LogP contribution in [-0.4, -0.2) is 8.42 Å². The average molecular weight is 275 g/mol. The molecule has 0 bridgehead atoms. The van der Waals surface area contributed by atoms with E-state index < -0.39 is 10.0 Å². The smallest absolute Gasteiger partial charge is 0.207 e. The van der Waals surface area contributed by atoms with Crippen molar-refractivity contribution >= 4 is 10.0 Å². The Labute approximate surface area is 114 Å². The topological polar surface area (TPSA) is 46.2 Å². The van der Waals surface area contributed by atoms with E-state index in [0.717, 1.165) is 16.7 Å². The molecule has 1 N–H and O–H groups in total. The molecule has 0 aliphatic carbocycles. The average Bonchev–Trinajstić information content (AvgIpc) is 2.37. The summed E-state index contributed by atoms with van der Waals surface area (Å²) in [6.45, 7) is 4.09. The molecule has 0 saturated heterocycles. The Bertz CT molecular complexity index is 644. The predicted molar refractivity (Wildman–Crippen MR) is 76.4 cm³/mol. The van der Waals surface area contributed by atoms with Crippen molar-refractivity contribution in [2.75, 3.05) is 0 Å². The fourth-order valence-electron chi connectivity index (χ4n) is 1.95. The van der Waals surface area contributed by atoms with Gasteiger partial charge in [0.15, 0.2) is 0 Å². The van der Waals surface area contributed by atoms with Gasteiger partial charge in [0.25, 0.3) is 0 Å². The van der Waals surface area contributed by atoms with Crippen LogP contribution in [0.3, 0.4) is 0 Å². The Hall–Kier alpha value is -1.65. The second kappa shape index (κ2) is 5.55. The van der Waals surface area contributed by atoms with Crippen molar-refractivity contribution in [3.05, 3.63) is 65.2 Å². The highest BCUT2D eigenvalue weighted by Gasteiger charge is 2.14. The maximum Gasteiger partial charge on any atom is 0.240 e. The summed E-state index contributed by atoms with van der Waals surface area (Å²) in [6, 6.07) is 14.8. The monoisotopic (exact) mass is 275 g/mol. The van der Waals surface area contributed by atoms with Gasteiger partial charge in [-0.25, -0.2) is 13.1 Å². The van der Waals surface area contributed by atoms with Crippen LogP contribution in [0.1, 0.15) is 16.7 Å². The molecule has 2 aromatic carbocycles. The first-order valence-electron chi connectivity index (χ1n) is 6.09. The molecular weight excluding hydrogens is 258 g/mol. The van der Waals surface area contributed by atoms with Crippen molar-refractivity contribution < 1.29 is 8.42 Å². The first-order valence-corrected chi connectivity index (χ1v) is 7.57. The first-order chi connectivity index (χ1) is 8.97. The third kappa shape index (κ3) is 3.66. The van der Waals surface area contributed by atoms with Crippen LogP contribution < -0.4 is 4.72 Å². The Kier molecular flexibility index (Phi) is 4.02. The zero-order chi connectivity index (χ0) is 13.9. The van der Waals surface area contributed by atoms with E-state index in [1.165, 1.54) is 0 Å². The van der Waals surface area contributed by atoms with Gasteiger partial charge in [0.2, 0.25) is 10.0 Å². The molecule has 0 radical (unpaired) electrons. The quantitative estimate of drug-likeness (QED) is 0.932. The van der Waals surface area contributed by atoms with Crippen LogP contribution in [0.5, 0.6) is 0 Å². The molecule has 0 aliphatic rings. The molecule has 0 aromatic heterocycles.